The molecule has 0 fully saturated rings. The molecule has 1 aromatic carbocycles. The van der Waals surface area contributed by atoms with Crippen LogP contribution in [-0.2, 0) is 11.2 Å². The summed E-state index contributed by atoms with van der Waals surface area (Å²) in [5.74, 6) is 0.667. The van der Waals surface area contributed by atoms with Gasteiger partial charge in [0.05, 0.1) is 0 Å². The fourth-order valence-corrected chi connectivity index (χ4v) is 1.79. The number of carbonyl (C=O) groups excluding carboxylic acids is 1. The summed E-state index contributed by atoms with van der Waals surface area (Å²) in [5, 5.41) is 2.91. The van der Waals surface area contributed by atoms with Gasteiger partial charge in [-0.2, -0.15) is 0 Å². The van der Waals surface area contributed by atoms with Gasteiger partial charge in [-0.25, -0.2) is 0 Å². The van der Waals surface area contributed by atoms with Gasteiger partial charge in [-0.15, -0.1) is 0 Å². The molecular formula is C14H21NO. The Hall–Kier alpha value is -1.31. The van der Waals surface area contributed by atoms with Crippen LogP contribution in [0.3, 0.4) is 0 Å². The summed E-state index contributed by atoms with van der Waals surface area (Å²) in [4.78, 5) is 11.1. The summed E-state index contributed by atoms with van der Waals surface area (Å²) in [6.45, 7) is 7.00. The lowest BCUT2D eigenvalue weighted by atomic mass is 9.95. The molecule has 0 aliphatic rings. The number of hydrogen-bond donors (Lipinski definition) is 1. The van der Waals surface area contributed by atoms with Gasteiger partial charge >= 0.3 is 0 Å². The lowest BCUT2D eigenvalue weighted by Gasteiger charge is -2.12. The smallest absolute Gasteiger partial charge is 0.219 e. The minimum atomic E-state index is 0.127. The maximum absolute atomic E-state index is 11.1. The van der Waals surface area contributed by atoms with Gasteiger partial charge in [0, 0.05) is 13.0 Å². The van der Waals surface area contributed by atoms with Crippen molar-refractivity contribution in [2.75, 3.05) is 6.54 Å². The van der Waals surface area contributed by atoms with Gasteiger partial charge in [-0.1, -0.05) is 45.0 Å². The highest BCUT2D eigenvalue weighted by Gasteiger charge is 2.05. The fraction of sp³-hybridized carbons (Fsp3) is 0.500. The van der Waals surface area contributed by atoms with Crippen molar-refractivity contribution >= 4 is 5.91 Å². The quantitative estimate of drug-likeness (QED) is 0.810. The van der Waals surface area contributed by atoms with E-state index < -0.39 is 0 Å². The van der Waals surface area contributed by atoms with Crippen LogP contribution in [0.25, 0.3) is 0 Å². The van der Waals surface area contributed by atoms with Gasteiger partial charge < -0.3 is 5.32 Å². The third kappa shape index (κ3) is 3.69. The normalized spacial score (nSPS) is 10.5. The molecule has 0 bridgehead atoms. The van der Waals surface area contributed by atoms with E-state index in [2.05, 4.69) is 43.4 Å². The number of nitrogens with one attached hydrogen (secondary N) is 1. The van der Waals surface area contributed by atoms with E-state index in [0.717, 1.165) is 13.0 Å². The minimum Gasteiger partial charge on any atom is -0.356 e. The highest BCUT2D eigenvalue weighted by Crippen LogP contribution is 2.19. The van der Waals surface area contributed by atoms with Crippen LogP contribution < -0.4 is 5.32 Å². The Balaban J connectivity index is 2.56. The van der Waals surface area contributed by atoms with Crippen molar-refractivity contribution in [2.45, 2.75) is 39.5 Å². The Morgan fingerprint density at radius 2 is 2.00 bits per heavy atom. The summed E-state index contributed by atoms with van der Waals surface area (Å²) >= 11 is 0. The predicted octanol–water partition coefficient (Wildman–Crippen LogP) is 2.88. The molecule has 0 radical (unpaired) electrons. The maximum Gasteiger partial charge on any atom is 0.219 e. The summed E-state index contributed by atoms with van der Waals surface area (Å²) in [7, 11) is 0. The largest absolute Gasteiger partial charge is 0.356 e. The van der Waals surface area contributed by atoms with Crippen LogP contribution >= 0.6 is 0 Å². The summed E-state index contributed by atoms with van der Waals surface area (Å²) in [5.41, 5.74) is 2.72. The van der Waals surface area contributed by atoms with E-state index in [-0.39, 0.29) is 5.91 Å². The van der Waals surface area contributed by atoms with Crippen LogP contribution in [0.4, 0.5) is 0 Å². The molecule has 0 spiro atoms. The first-order valence-corrected chi connectivity index (χ1v) is 5.99. The SMILES string of the molecule is CCC(=O)NCCc1ccccc1C(C)C. The number of rotatable bonds is 5. The molecule has 0 saturated carbocycles. The van der Waals surface area contributed by atoms with E-state index in [4.69, 9.17) is 0 Å². The second-order valence-corrected chi connectivity index (χ2v) is 4.31. The molecule has 0 aliphatic carbocycles. The van der Waals surface area contributed by atoms with Crippen molar-refractivity contribution in [1.29, 1.82) is 0 Å². The van der Waals surface area contributed by atoms with Gasteiger partial charge in [0.1, 0.15) is 0 Å². The van der Waals surface area contributed by atoms with Crippen molar-refractivity contribution in [3.63, 3.8) is 0 Å². The molecule has 0 aromatic heterocycles. The van der Waals surface area contributed by atoms with Crippen LogP contribution in [0.1, 0.15) is 44.2 Å². The Kier molecular flexibility index (Phi) is 5.03. The molecule has 1 rings (SSSR count). The molecule has 0 heterocycles. The molecule has 0 saturated heterocycles. The number of hydrogen-bond acceptors (Lipinski definition) is 1. The van der Waals surface area contributed by atoms with Crippen molar-refractivity contribution in [2.24, 2.45) is 0 Å². The van der Waals surface area contributed by atoms with Crippen LogP contribution in [0.15, 0.2) is 24.3 Å². The van der Waals surface area contributed by atoms with E-state index in [1.807, 2.05) is 6.92 Å². The predicted molar refractivity (Wildman–Crippen MR) is 67.5 cm³/mol. The van der Waals surface area contributed by atoms with Gasteiger partial charge in [0.2, 0.25) is 5.91 Å². The molecule has 1 amide bonds. The molecule has 16 heavy (non-hydrogen) atoms. The Labute approximate surface area is 98.1 Å². The first kappa shape index (κ1) is 12.8. The number of amides is 1. The van der Waals surface area contributed by atoms with Crippen LogP contribution in [0.5, 0.6) is 0 Å². The first-order valence-electron chi connectivity index (χ1n) is 5.99. The molecule has 0 unspecified atom stereocenters. The van der Waals surface area contributed by atoms with Gasteiger partial charge in [0.15, 0.2) is 0 Å². The van der Waals surface area contributed by atoms with E-state index in [1.54, 1.807) is 0 Å². The molecular weight excluding hydrogens is 198 g/mol. The van der Waals surface area contributed by atoms with Crippen molar-refractivity contribution in [3.8, 4) is 0 Å². The molecule has 1 N–H and O–H groups in total. The fourth-order valence-electron chi connectivity index (χ4n) is 1.79. The topological polar surface area (TPSA) is 29.1 Å². The van der Waals surface area contributed by atoms with Crippen LogP contribution in [0.2, 0.25) is 0 Å². The van der Waals surface area contributed by atoms with E-state index in [1.165, 1.54) is 11.1 Å². The van der Waals surface area contributed by atoms with E-state index >= 15 is 0 Å². The zero-order valence-corrected chi connectivity index (χ0v) is 10.4. The van der Waals surface area contributed by atoms with Gasteiger partial charge in [-0.3, -0.25) is 4.79 Å². The Morgan fingerprint density at radius 1 is 1.31 bits per heavy atom. The lowest BCUT2D eigenvalue weighted by molar-refractivity contribution is -0.120. The molecule has 0 aliphatic heterocycles. The second-order valence-electron chi connectivity index (χ2n) is 4.31. The van der Waals surface area contributed by atoms with Crippen LogP contribution in [0, 0.1) is 0 Å². The zero-order chi connectivity index (χ0) is 12.0. The Bertz CT molecular complexity index is 344. The second kappa shape index (κ2) is 6.31. The van der Waals surface area contributed by atoms with Crippen molar-refractivity contribution in [1.82, 2.24) is 5.32 Å². The molecule has 0 atom stereocenters. The van der Waals surface area contributed by atoms with Gasteiger partial charge in [-0.05, 0) is 23.5 Å². The average molecular weight is 219 g/mol. The first-order chi connectivity index (χ1) is 7.65. The summed E-state index contributed by atoms with van der Waals surface area (Å²) < 4.78 is 0. The third-order valence-corrected chi connectivity index (χ3v) is 2.71. The van der Waals surface area contributed by atoms with Crippen molar-refractivity contribution in [3.05, 3.63) is 35.4 Å². The van der Waals surface area contributed by atoms with Crippen LogP contribution in [-0.4, -0.2) is 12.5 Å². The van der Waals surface area contributed by atoms with E-state index in [9.17, 15) is 4.79 Å². The zero-order valence-electron chi connectivity index (χ0n) is 10.4. The third-order valence-electron chi connectivity index (χ3n) is 2.71. The highest BCUT2D eigenvalue weighted by molar-refractivity contribution is 5.75. The standard InChI is InChI=1S/C14H21NO/c1-4-14(16)15-10-9-12-7-5-6-8-13(12)11(2)3/h5-8,11H,4,9-10H2,1-3H3,(H,15,16). The van der Waals surface area contributed by atoms with Gasteiger partial charge in [0.25, 0.3) is 0 Å². The molecule has 2 nitrogen and oxygen atoms in total. The molecule has 88 valence electrons. The number of benzene rings is 1. The lowest BCUT2D eigenvalue weighted by Crippen LogP contribution is -2.24. The average Bonchev–Trinajstić information content (AvgIpc) is 2.29. The minimum absolute atomic E-state index is 0.127. The highest BCUT2D eigenvalue weighted by atomic mass is 16.1. The monoisotopic (exact) mass is 219 g/mol. The Morgan fingerprint density at radius 3 is 2.62 bits per heavy atom. The summed E-state index contributed by atoms with van der Waals surface area (Å²) in [6.07, 6.45) is 1.48. The van der Waals surface area contributed by atoms with E-state index in [0.29, 0.717) is 12.3 Å². The summed E-state index contributed by atoms with van der Waals surface area (Å²) in [6, 6.07) is 8.45. The van der Waals surface area contributed by atoms with Crippen molar-refractivity contribution < 1.29 is 4.79 Å². The number of carbonyl (C=O) groups is 1. The molecule has 1 aromatic rings. The maximum atomic E-state index is 11.1. The molecule has 2 heteroatoms.